The molecular weight excluding hydrogens is 246 g/mol. The van der Waals surface area contributed by atoms with E-state index in [1.807, 2.05) is 6.07 Å². The minimum Gasteiger partial charge on any atom is -0.481 e. The second-order valence-corrected chi connectivity index (χ2v) is 4.45. The number of carboxylic acid groups (broad SMARTS) is 1. The van der Waals surface area contributed by atoms with Crippen molar-refractivity contribution in [1.29, 1.82) is 0 Å². The molecule has 1 unspecified atom stereocenters. The molecule has 5 N–H and O–H groups in total. The van der Waals surface area contributed by atoms with Gasteiger partial charge >= 0.3 is 5.97 Å². The topological polar surface area (TPSA) is 110 Å². The molecule has 1 atom stereocenters. The van der Waals surface area contributed by atoms with Gasteiger partial charge in [0, 0.05) is 13.1 Å². The predicted molar refractivity (Wildman–Crippen MR) is 73.7 cm³/mol. The van der Waals surface area contributed by atoms with Crippen LogP contribution in [0.25, 0.3) is 0 Å². The van der Waals surface area contributed by atoms with E-state index in [1.165, 1.54) is 0 Å². The number of nitrogen functional groups attached to an aromatic ring is 1. The molecule has 1 aromatic rings. The number of carboxylic acids is 1. The number of primary amides is 1. The molecule has 1 amide bonds. The summed E-state index contributed by atoms with van der Waals surface area (Å²) in [5.41, 5.74) is 12.4. The van der Waals surface area contributed by atoms with Crippen LogP contribution >= 0.6 is 0 Å². The predicted octanol–water partition coefficient (Wildman–Crippen LogP) is 0.671. The summed E-state index contributed by atoms with van der Waals surface area (Å²) in [6.07, 6.45) is -0.0280. The first-order valence-corrected chi connectivity index (χ1v) is 6.02. The van der Waals surface area contributed by atoms with Crippen molar-refractivity contribution in [3.63, 3.8) is 0 Å². The highest BCUT2D eigenvalue weighted by atomic mass is 16.4. The van der Waals surface area contributed by atoms with Crippen LogP contribution in [0.2, 0.25) is 0 Å². The fourth-order valence-electron chi connectivity index (χ4n) is 1.74. The number of aliphatic carboxylic acids is 1. The summed E-state index contributed by atoms with van der Waals surface area (Å²) in [7, 11) is 0. The van der Waals surface area contributed by atoms with E-state index >= 15 is 0 Å². The number of nitrogens with zero attached hydrogens (tertiary/aromatic N) is 1. The van der Waals surface area contributed by atoms with Crippen molar-refractivity contribution < 1.29 is 14.7 Å². The Hall–Kier alpha value is -2.24. The summed E-state index contributed by atoms with van der Waals surface area (Å²) in [4.78, 5) is 23.6. The number of hydrogen-bond acceptors (Lipinski definition) is 4. The first-order chi connectivity index (χ1) is 8.91. The summed E-state index contributed by atoms with van der Waals surface area (Å²) in [5.74, 6) is -1.70. The van der Waals surface area contributed by atoms with Crippen LogP contribution in [0, 0.1) is 5.92 Å². The Balaban J connectivity index is 2.88. The second-order valence-electron chi connectivity index (χ2n) is 4.45. The van der Waals surface area contributed by atoms with Gasteiger partial charge in [0.1, 0.15) is 0 Å². The summed E-state index contributed by atoms with van der Waals surface area (Å²) in [6.45, 7) is 2.33. The van der Waals surface area contributed by atoms with Gasteiger partial charge in [-0.2, -0.15) is 0 Å². The van der Waals surface area contributed by atoms with Crippen molar-refractivity contribution >= 4 is 23.3 Å². The van der Waals surface area contributed by atoms with Crippen LogP contribution in [0.15, 0.2) is 24.3 Å². The lowest BCUT2D eigenvalue weighted by Gasteiger charge is -2.27. The molecule has 104 valence electrons. The average Bonchev–Trinajstić information content (AvgIpc) is 2.34. The Morgan fingerprint density at radius 3 is 2.53 bits per heavy atom. The van der Waals surface area contributed by atoms with Crippen LogP contribution in [0.1, 0.15) is 13.3 Å². The van der Waals surface area contributed by atoms with Crippen molar-refractivity contribution in [2.75, 3.05) is 23.7 Å². The molecule has 0 radical (unpaired) electrons. The number of nitrogens with two attached hydrogens (primary N) is 2. The number of rotatable bonds is 7. The van der Waals surface area contributed by atoms with E-state index in [9.17, 15) is 9.59 Å². The monoisotopic (exact) mass is 265 g/mol. The number of hydrogen-bond donors (Lipinski definition) is 3. The van der Waals surface area contributed by atoms with E-state index in [-0.39, 0.29) is 18.9 Å². The summed E-state index contributed by atoms with van der Waals surface area (Å²) < 4.78 is 0. The number of para-hydroxylation sites is 2. The van der Waals surface area contributed by atoms with E-state index in [2.05, 4.69) is 0 Å². The molecule has 6 heteroatoms. The van der Waals surface area contributed by atoms with Crippen molar-refractivity contribution in [3.8, 4) is 0 Å². The molecule has 6 nitrogen and oxygen atoms in total. The van der Waals surface area contributed by atoms with E-state index in [0.717, 1.165) is 5.69 Å². The Morgan fingerprint density at radius 2 is 2.00 bits per heavy atom. The Morgan fingerprint density at radius 1 is 1.37 bits per heavy atom. The molecule has 0 aliphatic carbocycles. The molecule has 0 bridgehead atoms. The smallest absolute Gasteiger partial charge is 0.305 e. The van der Waals surface area contributed by atoms with Gasteiger partial charge in [-0.1, -0.05) is 19.1 Å². The first kappa shape index (κ1) is 14.8. The van der Waals surface area contributed by atoms with E-state index < -0.39 is 11.9 Å². The fourth-order valence-corrected chi connectivity index (χ4v) is 1.74. The van der Waals surface area contributed by atoms with Crippen molar-refractivity contribution in [3.05, 3.63) is 24.3 Å². The normalized spacial score (nSPS) is 11.8. The Kier molecular flexibility index (Phi) is 5.17. The third-order valence-electron chi connectivity index (χ3n) is 2.85. The molecule has 1 aromatic carbocycles. The number of benzene rings is 1. The Bertz CT molecular complexity index is 462. The maximum Gasteiger partial charge on any atom is 0.305 e. The van der Waals surface area contributed by atoms with Gasteiger partial charge in [0.25, 0.3) is 0 Å². The molecule has 1 rings (SSSR count). The first-order valence-electron chi connectivity index (χ1n) is 6.02. The quantitative estimate of drug-likeness (QED) is 0.628. The Labute approximate surface area is 112 Å². The van der Waals surface area contributed by atoms with Crippen LogP contribution in [0.3, 0.4) is 0 Å². The van der Waals surface area contributed by atoms with Gasteiger partial charge in [-0.15, -0.1) is 0 Å². The molecule has 0 heterocycles. The van der Waals surface area contributed by atoms with Crippen LogP contribution in [0.4, 0.5) is 11.4 Å². The number of carbonyl (C=O) groups is 2. The minimum absolute atomic E-state index is 0.0280. The fraction of sp³-hybridized carbons (Fsp3) is 0.385. The minimum atomic E-state index is -0.897. The van der Waals surface area contributed by atoms with Gasteiger partial charge in [0.15, 0.2) is 0 Å². The van der Waals surface area contributed by atoms with Gasteiger partial charge in [0.2, 0.25) is 5.91 Å². The van der Waals surface area contributed by atoms with Crippen molar-refractivity contribution in [2.45, 2.75) is 13.3 Å². The maximum atomic E-state index is 11.1. The third-order valence-corrected chi connectivity index (χ3v) is 2.85. The van der Waals surface area contributed by atoms with Crippen LogP contribution in [-0.4, -0.2) is 30.1 Å². The van der Waals surface area contributed by atoms with Crippen LogP contribution in [0.5, 0.6) is 0 Å². The van der Waals surface area contributed by atoms with Crippen LogP contribution in [-0.2, 0) is 9.59 Å². The molecule has 0 saturated heterocycles. The lowest BCUT2D eigenvalue weighted by atomic mass is 10.1. The molecule has 0 aliphatic heterocycles. The molecule has 19 heavy (non-hydrogen) atoms. The van der Waals surface area contributed by atoms with Gasteiger partial charge in [0.05, 0.1) is 23.7 Å². The van der Waals surface area contributed by atoms with E-state index in [0.29, 0.717) is 12.2 Å². The highest BCUT2D eigenvalue weighted by molar-refractivity contribution is 5.78. The largest absolute Gasteiger partial charge is 0.481 e. The average molecular weight is 265 g/mol. The number of amides is 1. The van der Waals surface area contributed by atoms with Crippen molar-refractivity contribution in [1.82, 2.24) is 0 Å². The molecule has 0 aliphatic rings. The van der Waals surface area contributed by atoms with E-state index in [1.54, 1.807) is 30.0 Å². The molecule has 0 saturated carbocycles. The standard InChI is InChI=1S/C13H19N3O3/c1-9(13(15)19)8-16(7-6-12(17)18)11-5-3-2-4-10(11)14/h2-5,9H,6-8,14H2,1H3,(H2,15,19)(H,17,18). The van der Waals surface area contributed by atoms with E-state index in [4.69, 9.17) is 16.6 Å². The van der Waals surface area contributed by atoms with Crippen molar-refractivity contribution in [2.24, 2.45) is 11.7 Å². The zero-order valence-electron chi connectivity index (χ0n) is 10.9. The lowest BCUT2D eigenvalue weighted by Crippen LogP contribution is -2.36. The summed E-state index contributed by atoms with van der Waals surface area (Å²) in [5, 5.41) is 8.77. The number of carbonyl (C=O) groups excluding carboxylic acids is 1. The van der Waals surface area contributed by atoms with Gasteiger partial charge in [-0.05, 0) is 12.1 Å². The second kappa shape index (κ2) is 6.63. The molecule has 0 aromatic heterocycles. The van der Waals surface area contributed by atoms with Gasteiger partial charge < -0.3 is 21.5 Å². The number of anilines is 2. The molecule has 0 fully saturated rings. The van der Waals surface area contributed by atoms with Gasteiger partial charge in [-0.3, -0.25) is 9.59 Å². The lowest BCUT2D eigenvalue weighted by molar-refractivity contribution is -0.136. The summed E-state index contributed by atoms with van der Waals surface area (Å²) >= 11 is 0. The SMILES string of the molecule is CC(CN(CCC(=O)O)c1ccccc1N)C(N)=O. The highest BCUT2D eigenvalue weighted by Crippen LogP contribution is 2.23. The summed E-state index contributed by atoms with van der Waals surface area (Å²) in [6, 6.07) is 7.14. The van der Waals surface area contributed by atoms with Gasteiger partial charge in [-0.25, -0.2) is 0 Å². The van der Waals surface area contributed by atoms with Crippen LogP contribution < -0.4 is 16.4 Å². The zero-order chi connectivity index (χ0) is 14.4. The maximum absolute atomic E-state index is 11.1. The zero-order valence-corrected chi connectivity index (χ0v) is 10.9. The third kappa shape index (κ3) is 4.50. The molecule has 0 spiro atoms. The molecular formula is C13H19N3O3. The highest BCUT2D eigenvalue weighted by Gasteiger charge is 2.17.